The lowest BCUT2D eigenvalue weighted by molar-refractivity contribution is 0.368. The second-order valence-corrected chi connectivity index (χ2v) is 7.33. The third kappa shape index (κ3) is 5.11. The first kappa shape index (κ1) is 20.4. The zero-order valence-electron chi connectivity index (χ0n) is 17.4. The maximum absolute atomic E-state index is 5.46. The molecule has 28 heavy (non-hydrogen) atoms. The molecule has 0 saturated heterocycles. The number of fused-ring (bicyclic) bond motifs is 1. The number of hydrogen-bond acceptors (Lipinski definition) is 5. The summed E-state index contributed by atoms with van der Waals surface area (Å²) in [6.45, 7) is 6.72. The Labute approximate surface area is 167 Å². The van der Waals surface area contributed by atoms with Crippen molar-refractivity contribution in [3.05, 3.63) is 29.2 Å². The molecular weight excluding hydrogens is 354 g/mol. The monoisotopic (exact) mass is 387 g/mol. The minimum Gasteiger partial charge on any atom is -0.359 e. The molecule has 2 N–H and O–H groups in total. The van der Waals surface area contributed by atoms with E-state index in [2.05, 4.69) is 49.4 Å². The van der Waals surface area contributed by atoms with E-state index in [1.807, 2.05) is 6.07 Å². The predicted octanol–water partition coefficient (Wildman–Crippen LogP) is 2.80. The molecule has 3 rings (SSSR count). The predicted molar refractivity (Wildman–Crippen MR) is 109 cm³/mol. The van der Waals surface area contributed by atoms with E-state index in [0.29, 0.717) is 12.5 Å². The fourth-order valence-corrected chi connectivity index (χ4v) is 3.73. The van der Waals surface area contributed by atoms with Crippen LogP contribution in [0, 0.1) is 0 Å². The molecule has 2 aromatic rings. The number of rotatable bonds is 8. The summed E-state index contributed by atoms with van der Waals surface area (Å²) < 4.78 is 7.76. The number of hydrogen-bond donors (Lipinski definition) is 2. The van der Waals surface area contributed by atoms with E-state index in [9.17, 15) is 0 Å². The average molecular weight is 388 g/mol. The topological polar surface area (TPSA) is 93.2 Å². The molecule has 0 bridgehead atoms. The first-order valence-corrected chi connectivity index (χ1v) is 10.6. The van der Waals surface area contributed by atoms with Gasteiger partial charge in [0.2, 0.25) is 0 Å². The van der Waals surface area contributed by atoms with Crippen molar-refractivity contribution >= 4 is 5.96 Å². The van der Waals surface area contributed by atoms with Crippen molar-refractivity contribution in [1.29, 1.82) is 0 Å². The van der Waals surface area contributed by atoms with Gasteiger partial charge in [0.1, 0.15) is 11.6 Å². The third-order valence-electron chi connectivity index (χ3n) is 5.46. The van der Waals surface area contributed by atoms with Gasteiger partial charge < -0.3 is 19.7 Å². The highest BCUT2D eigenvalue weighted by Gasteiger charge is 2.15. The molecule has 1 aliphatic heterocycles. The van der Waals surface area contributed by atoms with Gasteiger partial charge in [-0.05, 0) is 25.7 Å². The van der Waals surface area contributed by atoms with Gasteiger partial charge in [-0.3, -0.25) is 4.99 Å². The molecular formula is C20H33N7O. The van der Waals surface area contributed by atoms with Crippen LogP contribution in [0.5, 0.6) is 0 Å². The lowest BCUT2D eigenvalue weighted by atomic mass is 9.99. The number of aryl methyl sites for hydroxylation is 1. The molecule has 0 spiro atoms. The van der Waals surface area contributed by atoms with E-state index in [1.54, 1.807) is 7.05 Å². The molecule has 0 unspecified atom stereocenters. The van der Waals surface area contributed by atoms with E-state index < -0.39 is 0 Å². The van der Waals surface area contributed by atoms with Gasteiger partial charge in [-0.25, -0.2) is 0 Å². The van der Waals surface area contributed by atoms with Crippen molar-refractivity contribution < 1.29 is 4.52 Å². The molecule has 2 aromatic heterocycles. The Hall–Kier alpha value is -2.38. The second-order valence-electron chi connectivity index (χ2n) is 7.33. The smallest absolute Gasteiger partial charge is 0.191 e. The van der Waals surface area contributed by atoms with Crippen LogP contribution in [0.3, 0.4) is 0 Å². The molecule has 8 heteroatoms. The van der Waals surface area contributed by atoms with Gasteiger partial charge in [0.25, 0.3) is 0 Å². The molecule has 154 valence electrons. The Bertz CT molecular complexity index is 760. The molecule has 0 aromatic carbocycles. The van der Waals surface area contributed by atoms with Crippen molar-refractivity contribution in [3.8, 4) is 0 Å². The van der Waals surface area contributed by atoms with Crippen LogP contribution in [-0.2, 0) is 25.9 Å². The van der Waals surface area contributed by atoms with Gasteiger partial charge in [-0.15, -0.1) is 10.2 Å². The molecule has 0 fully saturated rings. The molecule has 1 aliphatic rings. The zero-order valence-corrected chi connectivity index (χ0v) is 17.4. The van der Waals surface area contributed by atoms with E-state index in [-0.39, 0.29) is 0 Å². The first-order valence-electron chi connectivity index (χ1n) is 10.6. The lowest BCUT2D eigenvalue weighted by Crippen LogP contribution is -2.38. The second kappa shape index (κ2) is 10.2. The van der Waals surface area contributed by atoms with Crippen LogP contribution < -0.4 is 10.6 Å². The summed E-state index contributed by atoms with van der Waals surface area (Å²) in [5, 5.41) is 19.6. The van der Waals surface area contributed by atoms with Crippen molar-refractivity contribution in [3.63, 3.8) is 0 Å². The van der Waals surface area contributed by atoms with Crippen LogP contribution in [0.4, 0.5) is 0 Å². The van der Waals surface area contributed by atoms with Crippen molar-refractivity contribution in [2.45, 2.75) is 77.8 Å². The van der Waals surface area contributed by atoms with Crippen LogP contribution in [0.15, 0.2) is 15.6 Å². The SMILES string of the molecule is CCC(CC)c1cc(CNC(=NC)NCCc2nnc3n2CCCCC3)on1. The van der Waals surface area contributed by atoms with Gasteiger partial charge in [-0.2, -0.15) is 0 Å². The Morgan fingerprint density at radius 2 is 2.07 bits per heavy atom. The molecule has 0 atom stereocenters. The van der Waals surface area contributed by atoms with Gasteiger partial charge in [0, 0.05) is 45.0 Å². The van der Waals surface area contributed by atoms with Crippen molar-refractivity contribution in [1.82, 2.24) is 30.6 Å². The fourth-order valence-electron chi connectivity index (χ4n) is 3.73. The van der Waals surface area contributed by atoms with Crippen LogP contribution in [0.1, 0.15) is 75.0 Å². The summed E-state index contributed by atoms with van der Waals surface area (Å²) in [6, 6.07) is 2.05. The number of nitrogens with zero attached hydrogens (tertiary/aromatic N) is 5. The number of nitrogens with one attached hydrogen (secondary N) is 2. The summed E-state index contributed by atoms with van der Waals surface area (Å²) in [7, 11) is 1.77. The highest BCUT2D eigenvalue weighted by molar-refractivity contribution is 5.79. The van der Waals surface area contributed by atoms with Crippen molar-refractivity contribution in [2.24, 2.45) is 4.99 Å². The molecule has 3 heterocycles. The van der Waals surface area contributed by atoms with Crippen LogP contribution in [0.2, 0.25) is 0 Å². The van der Waals surface area contributed by atoms with Gasteiger partial charge in [0.15, 0.2) is 11.7 Å². The van der Waals surface area contributed by atoms with Crippen LogP contribution in [0.25, 0.3) is 0 Å². The van der Waals surface area contributed by atoms with Gasteiger partial charge >= 0.3 is 0 Å². The third-order valence-corrected chi connectivity index (χ3v) is 5.46. The first-order chi connectivity index (χ1) is 13.7. The molecule has 0 aliphatic carbocycles. The summed E-state index contributed by atoms with van der Waals surface area (Å²) in [5.41, 5.74) is 1.04. The zero-order chi connectivity index (χ0) is 19.8. The largest absolute Gasteiger partial charge is 0.359 e. The standard InChI is InChI=1S/C20H33N7O/c1-4-15(5-2)17-13-16(28-26-17)14-23-20(21-3)22-11-10-19-25-24-18-9-7-6-8-12-27(18)19/h13,15H,4-12,14H2,1-3H3,(H2,21,22,23). The lowest BCUT2D eigenvalue weighted by Gasteiger charge is -2.11. The van der Waals surface area contributed by atoms with Gasteiger partial charge in [-0.1, -0.05) is 25.4 Å². The van der Waals surface area contributed by atoms with E-state index >= 15 is 0 Å². The summed E-state index contributed by atoms with van der Waals surface area (Å²) in [4.78, 5) is 4.29. The highest BCUT2D eigenvalue weighted by atomic mass is 16.5. The van der Waals surface area contributed by atoms with E-state index in [0.717, 1.165) is 67.8 Å². The normalized spacial score (nSPS) is 14.8. The Kier molecular flexibility index (Phi) is 7.45. The minimum atomic E-state index is 0.466. The Morgan fingerprint density at radius 3 is 2.86 bits per heavy atom. The van der Waals surface area contributed by atoms with E-state index in [1.165, 1.54) is 19.3 Å². The summed E-state index contributed by atoms with van der Waals surface area (Å²) in [5.74, 6) is 4.23. The number of aromatic nitrogens is 4. The molecule has 0 radical (unpaired) electrons. The number of aliphatic imine (C=N–C) groups is 1. The average Bonchev–Trinajstić information content (AvgIpc) is 3.26. The summed E-state index contributed by atoms with van der Waals surface area (Å²) >= 11 is 0. The van der Waals surface area contributed by atoms with Crippen molar-refractivity contribution in [2.75, 3.05) is 13.6 Å². The van der Waals surface area contributed by atoms with Crippen LogP contribution in [-0.4, -0.2) is 39.5 Å². The Morgan fingerprint density at radius 1 is 1.21 bits per heavy atom. The molecule has 0 saturated carbocycles. The van der Waals surface area contributed by atoms with E-state index in [4.69, 9.17) is 4.52 Å². The summed E-state index contributed by atoms with van der Waals surface area (Å²) in [6.07, 6.45) is 7.72. The molecule has 0 amide bonds. The van der Waals surface area contributed by atoms with Gasteiger partial charge in [0.05, 0.1) is 12.2 Å². The maximum atomic E-state index is 5.46. The van der Waals surface area contributed by atoms with Crippen LogP contribution >= 0.6 is 0 Å². The Balaban J connectivity index is 1.46. The maximum Gasteiger partial charge on any atom is 0.191 e. The fraction of sp³-hybridized carbons (Fsp3) is 0.700. The number of guanidine groups is 1. The quantitative estimate of drug-likeness (QED) is 0.534. The minimum absolute atomic E-state index is 0.466. The molecule has 8 nitrogen and oxygen atoms in total. The highest BCUT2D eigenvalue weighted by Crippen LogP contribution is 2.22.